The third-order valence-electron chi connectivity index (χ3n) is 2.66. The standard InChI is InChI=1S/C14H12Cl2N4/c1-9-6-12(8-17)20-14(19-9)18-5-4-10-2-3-11(15)7-13(10)16/h2-3,6-7H,4-5H2,1H3,(H,18,19,20). The first kappa shape index (κ1) is 14.6. The molecule has 0 saturated heterocycles. The van der Waals surface area contributed by atoms with Crippen molar-refractivity contribution in [1.29, 1.82) is 5.26 Å². The Morgan fingerprint density at radius 1 is 1.25 bits per heavy atom. The lowest BCUT2D eigenvalue weighted by atomic mass is 10.1. The van der Waals surface area contributed by atoms with Crippen molar-refractivity contribution in [2.75, 3.05) is 11.9 Å². The molecular formula is C14H12Cl2N4. The molecule has 1 N–H and O–H groups in total. The number of anilines is 1. The Kier molecular flexibility index (Phi) is 4.78. The van der Waals surface area contributed by atoms with Crippen LogP contribution in [0.2, 0.25) is 10.0 Å². The van der Waals surface area contributed by atoms with Crippen molar-refractivity contribution in [3.8, 4) is 6.07 Å². The molecule has 0 unspecified atom stereocenters. The molecule has 102 valence electrons. The summed E-state index contributed by atoms with van der Waals surface area (Å²) in [7, 11) is 0. The van der Waals surface area contributed by atoms with Crippen LogP contribution in [0.5, 0.6) is 0 Å². The lowest BCUT2D eigenvalue weighted by Gasteiger charge is -2.07. The van der Waals surface area contributed by atoms with Gasteiger partial charge in [0.1, 0.15) is 11.8 Å². The molecule has 0 aliphatic carbocycles. The minimum absolute atomic E-state index is 0.351. The fraction of sp³-hybridized carbons (Fsp3) is 0.214. The summed E-state index contributed by atoms with van der Waals surface area (Å²) in [6, 6.07) is 9.06. The normalized spacial score (nSPS) is 10.1. The summed E-state index contributed by atoms with van der Waals surface area (Å²) < 4.78 is 0. The molecule has 0 atom stereocenters. The van der Waals surface area contributed by atoms with Crippen molar-refractivity contribution < 1.29 is 0 Å². The van der Waals surface area contributed by atoms with E-state index in [1.807, 2.05) is 19.1 Å². The summed E-state index contributed by atoms with van der Waals surface area (Å²) in [5.74, 6) is 0.451. The van der Waals surface area contributed by atoms with E-state index in [0.717, 1.165) is 17.7 Å². The average Bonchev–Trinajstić information content (AvgIpc) is 2.40. The van der Waals surface area contributed by atoms with Crippen molar-refractivity contribution in [3.05, 3.63) is 51.3 Å². The molecule has 2 aromatic rings. The first-order valence-electron chi connectivity index (χ1n) is 6.02. The van der Waals surface area contributed by atoms with E-state index in [-0.39, 0.29) is 0 Å². The van der Waals surface area contributed by atoms with Gasteiger partial charge in [0, 0.05) is 22.3 Å². The molecule has 0 aliphatic heterocycles. The summed E-state index contributed by atoms with van der Waals surface area (Å²) in [4.78, 5) is 8.30. The number of hydrogen-bond acceptors (Lipinski definition) is 4. The lowest BCUT2D eigenvalue weighted by Crippen LogP contribution is -2.09. The molecular weight excluding hydrogens is 295 g/mol. The quantitative estimate of drug-likeness (QED) is 0.937. The van der Waals surface area contributed by atoms with E-state index in [1.54, 1.807) is 18.2 Å². The first-order chi connectivity index (χ1) is 9.58. The monoisotopic (exact) mass is 306 g/mol. The van der Waals surface area contributed by atoms with Crippen molar-refractivity contribution in [2.24, 2.45) is 0 Å². The highest BCUT2D eigenvalue weighted by Crippen LogP contribution is 2.21. The number of rotatable bonds is 4. The van der Waals surface area contributed by atoms with Gasteiger partial charge in [-0.1, -0.05) is 29.3 Å². The third kappa shape index (κ3) is 3.83. The van der Waals surface area contributed by atoms with Crippen molar-refractivity contribution >= 4 is 29.2 Å². The maximum absolute atomic E-state index is 8.85. The number of aryl methyl sites for hydroxylation is 1. The molecule has 20 heavy (non-hydrogen) atoms. The number of halogens is 2. The van der Waals surface area contributed by atoms with Gasteiger partial charge in [-0.25, -0.2) is 9.97 Å². The summed E-state index contributed by atoms with van der Waals surface area (Å²) in [5.41, 5.74) is 2.10. The molecule has 6 heteroatoms. The highest BCUT2D eigenvalue weighted by atomic mass is 35.5. The minimum Gasteiger partial charge on any atom is -0.354 e. The predicted octanol–water partition coefficient (Wildman–Crippen LogP) is 3.62. The Labute approximate surface area is 127 Å². The van der Waals surface area contributed by atoms with Crippen LogP contribution in [-0.2, 0) is 6.42 Å². The molecule has 0 fully saturated rings. The van der Waals surface area contributed by atoms with Crippen molar-refractivity contribution in [1.82, 2.24) is 9.97 Å². The van der Waals surface area contributed by atoms with E-state index in [2.05, 4.69) is 15.3 Å². The largest absolute Gasteiger partial charge is 0.354 e. The predicted molar refractivity (Wildman–Crippen MR) is 80.1 cm³/mol. The molecule has 1 heterocycles. The Bertz CT molecular complexity index is 665. The molecule has 0 saturated carbocycles. The Morgan fingerprint density at radius 2 is 2.05 bits per heavy atom. The first-order valence-corrected chi connectivity index (χ1v) is 6.77. The fourth-order valence-electron chi connectivity index (χ4n) is 1.74. The SMILES string of the molecule is Cc1cc(C#N)nc(NCCc2ccc(Cl)cc2Cl)n1. The molecule has 0 radical (unpaired) electrons. The zero-order chi connectivity index (χ0) is 14.5. The smallest absolute Gasteiger partial charge is 0.224 e. The van der Waals surface area contributed by atoms with E-state index in [1.165, 1.54) is 0 Å². The van der Waals surface area contributed by atoms with Gasteiger partial charge in [-0.3, -0.25) is 0 Å². The van der Waals surface area contributed by atoms with Gasteiger partial charge in [0.05, 0.1) is 0 Å². The van der Waals surface area contributed by atoms with Crippen molar-refractivity contribution in [2.45, 2.75) is 13.3 Å². The second-order valence-corrected chi connectivity index (χ2v) is 5.09. The molecule has 0 amide bonds. The van der Waals surface area contributed by atoms with Crippen LogP contribution in [-0.4, -0.2) is 16.5 Å². The van der Waals surface area contributed by atoms with Gasteiger partial charge in [-0.2, -0.15) is 5.26 Å². The summed E-state index contributed by atoms with van der Waals surface area (Å²) >= 11 is 11.9. The molecule has 1 aromatic heterocycles. The van der Waals surface area contributed by atoms with Crippen LogP contribution in [0.3, 0.4) is 0 Å². The van der Waals surface area contributed by atoms with Gasteiger partial charge in [-0.05, 0) is 37.1 Å². The van der Waals surface area contributed by atoms with Gasteiger partial charge in [0.2, 0.25) is 5.95 Å². The highest BCUT2D eigenvalue weighted by molar-refractivity contribution is 6.35. The van der Waals surface area contributed by atoms with Gasteiger partial charge < -0.3 is 5.32 Å². The number of aromatic nitrogens is 2. The Balaban J connectivity index is 1.99. The van der Waals surface area contributed by atoms with Crippen LogP contribution >= 0.6 is 23.2 Å². The van der Waals surface area contributed by atoms with E-state index in [4.69, 9.17) is 28.5 Å². The van der Waals surface area contributed by atoms with Crippen LogP contribution in [0.15, 0.2) is 24.3 Å². The second kappa shape index (κ2) is 6.56. The molecule has 0 aliphatic rings. The number of hydrogen-bond donors (Lipinski definition) is 1. The minimum atomic E-state index is 0.351. The molecule has 4 nitrogen and oxygen atoms in total. The van der Waals surface area contributed by atoms with E-state index < -0.39 is 0 Å². The molecule has 0 bridgehead atoms. The van der Waals surface area contributed by atoms with Crippen LogP contribution in [0.1, 0.15) is 17.0 Å². The molecule has 1 aromatic carbocycles. The summed E-state index contributed by atoms with van der Waals surface area (Å²) in [5, 5.41) is 13.2. The summed E-state index contributed by atoms with van der Waals surface area (Å²) in [6.45, 7) is 2.44. The maximum atomic E-state index is 8.85. The van der Waals surface area contributed by atoms with Crippen LogP contribution in [0, 0.1) is 18.3 Å². The number of nitrogens with one attached hydrogen (secondary N) is 1. The Morgan fingerprint density at radius 3 is 2.75 bits per heavy atom. The third-order valence-corrected chi connectivity index (χ3v) is 3.25. The van der Waals surface area contributed by atoms with E-state index in [0.29, 0.717) is 28.2 Å². The Hall–Kier alpha value is -1.83. The molecule has 0 spiro atoms. The topological polar surface area (TPSA) is 61.6 Å². The summed E-state index contributed by atoms with van der Waals surface area (Å²) in [6.07, 6.45) is 0.717. The zero-order valence-corrected chi connectivity index (χ0v) is 12.3. The number of benzene rings is 1. The second-order valence-electron chi connectivity index (χ2n) is 4.24. The average molecular weight is 307 g/mol. The van der Waals surface area contributed by atoms with E-state index in [9.17, 15) is 0 Å². The van der Waals surface area contributed by atoms with Crippen LogP contribution < -0.4 is 5.32 Å². The maximum Gasteiger partial charge on any atom is 0.224 e. The number of nitrogens with zero attached hydrogens (tertiary/aromatic N) is 3. The molecule has 2 rings (SSSR count). The van der Waals surface area contributed by atoms with E-state index >= 15 is 0 Å². The highest BCUT2D eigenvalue weighted by Gasteiger charge is 2.03. The fourth-order valence-corrected chi connectivity index (χ4v) is 2.24. The van der Waals surface area contributed by atoms with Crippen molar-refractivity contribution in [3.63, 3.8) is 0 Å². The van der Waals surface area contributed by atoms with Gasteiger partial charge in [0.15, 0.2) is 0 Å². The van der Waals surface area contributed by atoms with Gasteiger partial charge in [-0.15, -0.1) is 0 Å². The van der Waals surface area contributed by atoms with Crippen LogP contribution in [0.25, 0.3) is 0 Å². The van der Waals surface area contributed by atoms with Gasteiger partial charge >= 0.3 is 0 Å². The van der Waals surface area contributed by atoms with Crippen LogP contribution in [0.4, 0.5) is 5.95 Å². The number of nitriles is 1. The lowest BCUT2D eigenvalue weighted by molar-refractivity contribution is 0.970. The van der Waals surface area contributed by atoms with Gasteiger partial charge in [0.25, 0.3) is 0 Å². The zero-order valence-electron chi connectivity index (χ0n) is 10.8.